The van der Waals surface area contributed by atoms with E-state index in [2.05, 4.69) is 4.98 Å². The summed E-state index contributed by atoms with van der Waals surface area (Å²) >= 11 is 1.94. The number of halogens is 2. The Balaban J connectivity index is 3.17. The van der Waals surface area contributed by atoms with Gasteiger partial charge in [0.05, 0.1) is 11.9 Å². The molecule has 0 bridgehead atoms. The first-order valence-corrected chi connectivity index (χ1v) is 3.34. The van der Waals surface area contributed by atoms with E-state index in [9.17, 15) is 4.39 Å². The van der Waals surface area contributed by atoms with E-state index in [1.54, 1.807) is 0 Å². The smallest absolute Gasteiger partial charge is 0.143 e. The molecule has 1 heterocycles. The Bertz CT molecular complexity index is 226. The lowest BCUT2D eigenvalue weighted by molar-refractivity contribution is 0.621. The van der Waals surface area contributed by atoms with Gasteiger partial charge in [-0.3, -0.25) is 0 Å². The molecule has 1 rings (SSSR count). The number of aromatic nitrogens is 1. The Hall–Kier alpha value is -0.390. The minimum atomic E-state index is -0.395. The van der Waals surface area contributed by atoms with Crippen LogP contribution >= 0.6 is 22.6 Å². The van der Waals surface area contributed by atoms with E-state index in [0.29, 0.717) is 9.39 Å². The summed E-state index contributed by atoms with van der Waals surface area (Å²) in [4.78, 5) is 3.66. The lowest BCUT2D eigenvalue weighted by atomic mass is 10.4. The van der Waals surface area contributed by atoms with Crippen molar-refractivity contribution in [2.24, 2.45) is 0 Å². The largest absolute Gasteiger partial charge is 0.397 e. The van der Waals surface area contributed by atoms with Gasteiger partial charge in [-0.2, -0.15) is 0 Å². The molecule has 4 heteroatoms. The monoisotopic (exact) mass is 238 g/mol. The van der Waals surface area contributed by atoms with Crippen molar-refractivity contribution in [2.45, 2.75) is 0 Å². The van der Waals surface area contributed by atoms with Gasteiger partial charge in [-0.15, -0.1) is 0 Å². The molecule has 2 N–H and O–H groups in total. The van der Waals surface area contributed by atoms with E-state index in [-0.39, 0.29) is 0 Å². The highest BCUT2D eigenvalue weighted by molar-refractivity contribution is 14.1. The number of nitrogens with two attached hydrogens (primary N) is 1. The van der Waals surface area contributed by atoms with Gasteiger partial charge in [0.25, 0.3) is 0 Å². The van der Waals surface area contributed by atoms with Crippen LogP contribution in [-0.2, 0) is 0 Å². The van der Waals surface area contributed by atoms with Gasteiger partial charge in [0.15, 0.2) is 0 Å². The molecule has 1 aromatic heterocycles. The molecule has 48 valence electrons. The number of rotatable bonds is 0. The lowest BCUT2D eigenvalue weighted by Crippen LogP contribution is -1.92. The van der Waals surface area contributed by atoms with E-state index in [1.807, 2.05) is 22.6 Å². The van der Waals surface area contributed by atoms with Crippen molar-refractivity contribution in [3.05, 3.63) is 21.8 Å². The molecule has 0 aliphatic heterocycles. The molecule has 0 atom stereocenters. The van der Waals surface area contributed by atoms with Crippen LogP contribution in [0, 0.1) is 9.52 Å². The highest BCUT2D eigenvalue weighted by Crippen LogP contribution is 2.11. The molecular weight excluding hydrogens is 234 g/mol. The van der Waals surface area contributed by atoms with Crippen LogP contribution in [0.15, 0.2) is 12.3 Å². The first kappa shape index (κ1) is 6.73. The highest BCUT2D eigenvalue weighted by Gasteiger charge is 1.95. The number of hydrogen-bond acceptors (Lipinski definition) is 2. The fraction of sp³-hybridized carbons (Fsp3) is 0. The molecule has 0 aliphatic carbocycles. The summed E-state index contributed by atoms with van der Waals surface area (Å²) in [5.74, 6) is -0.395. The van der Waals surface area contributed by atoms with Crippen LogP contribution in [0.3, 0.4) is 0 Å². The molecule has 0 aliphatic rings. The van der Waals surface area contributed by atoms with Gasteiger partial charge in [-0.05, 0) is 22.6 Å². The van der Waals surface area contributed by atoms with Crippen molar-refractivity contribution in [2.75, 3.05) is 5.73 Å². The zero-order chi connectivity index (χ0) is 6.85. The van der Waals surface area contributed by atoms with E-state index in [0.717, 1.165) is 6.20 Å². The molecular formula is C5H4FIN2. The van der Waals surface area contributed by atoms with E-state index in [1.165, 1.54) is 6.07 Å². The maximum absolute atomic E-state index is 12.2. The molecule has 0 fully saturated rings. The first-order chi connectivity index (χ1) is 4.20. The number of hydrogen-bond donors (Lipinski definition) is 1. The standard InChI is InChI=1S/C5H4FIN2/c6-3-1-4(8)5(7)9-2-3/h1-2H,8H2. The molecule has 0 spiro atoms. The zero-order valence-corrected chi connectivity index (χ0v) is 6.59. The number of nitrogens with zero attached hydrogens (tertiary/aromatic N) is 1. The summed E-state index contributed by atoms with van der Waals surface area (Å²) in [6.45, 7) is 0. The van der Waals surface area contributed by atoms with Crippen LogP contribution in [-0.4, -0.2) is 4.98 Å². The van der Waals surface area contributed by atoms with Crippen molar-refractivity contribution in [1.29, 1.82) is 0 Å². The van der Waals surface area contributed by atoms with E-state index < -0.39 is 5.82 Å². The second kappa shape index (κ2) is 2.47. The van der Waals surface area contributed by atoms with Crippen molar-refractivity contribution < 1.29 is 4.39 Å². The van der Waals surface area contributed by atoms with Crippen molar-refractivity contribution in [3.8, 4) is 0 Å². The molecule has 1 aromatic rings. The zero-order valence-electron chi connectivity index (χ0n) is 4.44. The summed E-state index contributed by atoms with van der Waals surface area (Å²) in [5.41, 5.74) is 5.70. The Labute approximate surface area is 65.4 Å². The quantitative estimate of drug-likeness (QED) is 0.548. The summed E-state index contributed by atoms with van der Waals surface area (Å²) in [6.07, 6.45) is 1.14. The SMILES string of the molecule is Nc1cc(F)cnc1I. The minimum absolute atomic E-state index is 0.385. The molecule has 2 nitrogen and oxygen atoms in total. The third-order valence-electron chi connectivity index (χ3n) is 0.833. The Morgan fingerprint density at radius 2 is 2.33 bits per heavy atom. The average Bonchev–Trinajstić information content (AvgIpc) is 1.80. The van der Waals surface area contributed by atoms with E-state index >= 15 is 0 Å². The van der Waals surface area contributed by atoms with Crippen molar-refractivity contribution >= 4 is 28.3 Å². The molecule has 0 saturated heterocycles. The fourth-order valence-electron chi connectivity index (χ4n) is 0.438. The molecule has 0 saturated carbocycles. The van der Waals surface area contributed by atoms with Crippen LogP contribution in [0.5, 0.6) is 0 Å². The molecule has 0 radical (unpaired) electrons. The summed E-state index contributed by atoms with van der Waals surface area (Å²) < 4.78 is 12.8. The fourth-order valence-corrected chi connectivity index (χ4v) is 0.733. The van der Waals surface area contributed by atoms with Gasteiger partial charge < -0.3 is 5.73 Å². The van der Waals surface area contributed by atoms with Crippen LogP contribution in [0.1, 0.15) is 0 Å². The van der Waals surface area contributed by atoms with Crippen molar-refractivity contribution in [3.63, 3.8) is 0 Å². The third kappa shape index (κ3) is 1.51. The average molecular weight is 238 g/mol. The molecule has 0 unspecified atom stereocenters. The van der Waals surface area contributed by atoms with Gasteiger partial charge in [0.2, 0.25) is 0 Å². The number of nitrogen functional groups attached to an aromatic ring is 1. The van der Waals surface area contributed by atoms with Gasteiger partial charge in [-0.1, -0.05) is 0 Å². The predicted molar refractivity (Wildman–Crippen MR) is 41.3 cm³/mol. The number of anilines is 1. The predicted octanol–water partition coefficient (Wildman–Crippen LogP) is 1.41. The normalized spacial score (nSPS) is 9.56. The molecule has 9 heavy (non-hydrogen) atoms. The first-order valence-electron chi connectivity index (χ1n) is 2.26. The second-order valence-corrected chi connectivity index (χ2v) is 2.56. The maximum Gasteiger partial charge on any atom is 0.143 e. The summed E-state index contributed by atoms with van der Waals surface area (Å²) in [7, 11) is 0. The van der Waals surface area contributed by atoms with Gasteiger partial charge in [-0.25, -0.2) is 9.37 Å². The topological polar surface area (TPSA) is 38.9 Å². The van der Waals surface area contributed by atoms with E-state index in [4.69, 9.17) is 5.73 Å². The van der Waals surface area contributed by atoms with Crippen LogP contribution in [0.2, 0.25) is 0 Å². The number of pyridine rings is 1. The van der Waals surface area contributed by atoms with Gasteiger partial charge in [0, 0.05) is 6.07 Å². The lowest BCUT2D eigenvalue weighted by Gasteiger charge is -1.93. The minimum Gasteiger partial charge on any atom is -0.397 e. The Morgan fingerprint density at radius 1 is 1.67 bits per heavy atom. The van der Waals surface area contributed by atoms with Crippen LogP contribution in [0.4, 0.5) is 10.1 Å². The third-order valence-corrected chi connectivity index (χ3v) is 1.73. The van der Waals surface area contributed by atoms with Gasteiger partial charge in [0.1, 0.15) is 9.52 Å². The van der Waals surface area contributed by atoms with Crippen molar-refractivity contribution in [1.82, 2.24) is 4.98 Å². The molecule has 0 aromatic carbocycles. The summed E-state index contributed by atoms with van der Waals surface area (Å²) in [6, 6.07) is 1.24. The maximum atomic E-state index is 12.2. The van der Waals surface area contributed by atoms with Gasteiger partial charge >= 0.3 is 0 Å². The summed E-state index contributed by atoms with van der Waals surface area (Å²) in [5, 5.41) is 0. The highest BCUT2D eigenvalue weighted by atomic mass is 127. The second-order valence-electron chi connectivity index (χ2n) is 1.53. The van der Waals surface area contributed by atoms with Crippen LogP contribution in [0.25, 0.3) is 0 Å². The Morgan fingerprint density at radius 3 is 2.78 bits per heavy atom. The molecule has 0 amide bonds. The Kier molecular flexibility index (Phi) is 1.84. The van der Waals surface area contributed by atoms with Crippen LogP contribution < -0.4 is 5.73 Å².